The number of guanidine groups is 1. The van der Waals surface area contributed by atoms with Gasteiger partial charge in [0.05, 0.1) is 5.02 Å². The van der Waals surface area contributed by atoms with Crippen molar-refractivity contribution in [3.63, 3.8) is 0 Å². The fraction of sp³-hybridized carbons (Fsp3) is 0.208. The first-order valence-corrected chi connectivity index (χ1v) is 10.9. The van der Waals surface area contributed by atoms with Crippen molar-refractivity contribution in [3.8, 4) is 16.9 Å². The van der Waals surface area contributed by atoms with E-state index in [-0.39, 0.29) is 5.75 Å². The van der Waals surface area contributed by atoms with Crippen molar-refractivity contribution in [1.82, 2.24) is 9.88 Å². The standard InChI is InChI=1S/C24H19ClF3N5O/c25-19-12-16(13-30-14-19)15-3-1-4-18(11-15)23(21-31-9-2-10-33(21)22(29)32-23)17-5-7-20(8-6-17)34-24(26,27)28/h1,3-8,11-14H,2,9-10H2,(H2,29,32)/t23-/m0/s1. The van der Waals surface area contributed by atoms with Crippen LogP contribution in [-0.2, 0) is 5.54 Å². The second-order valence-corrected chi connectivity index (χ2v) is 8.37. The Hall–Kier alpha value is -3.59. The third kappa shape index (κ3) is 3.96. The topological polar surface area (TPSA) is 76.1 Å². The second kappa shape index (κ2) is 8.32. The summed E-state index contributed by atoms with van der Waals surface area (Å²) in [6.07, 6.45) is -0.698. The average molecular weight is 486 g/mol. The Morgan fingerprint density at radius 1 is 1.00 bits per heavy atom. The Morgan fingerprint density at radius 3 is 2.53 bits per heavy atom. The fourth-order valence-corrected chi connectivity index (χ4v) is 4.54. The minimum atomic E-state index is -4.78. The summed E-state index contributed by atoms with van der Waals surface area (Å²) in [5.41, 5.74) is 8.25. The quantitative estimate of drug-likeness (QED) is 0.565. The number of nitrogens with zero attached hydrogens (tertiary/aromatic N) is 4. The number of halogens is 4. The number of nitrogens with two attached hydrogens (primary N) is 1. The van der Waals surface area contributed by atoms with Gasteiger partial charge >= 0.3 is 6.36 Å². The molecule has 0 aliphatic carbocycles. The van der Waals surface area contributed by atoms with E-state index in [2.05, 4.69) is 9.72 Å². The first-order chi connectivity index (χ1) is 16.3. The molecule has 1 atom stereocenters. The van der Waals surface area contributed by atoms with Gasteiger partial charge in [0.15, 0.2) is 11.5 Å². The largest absolute Gasteiger partial charge is 0.573 e. The van der Waals surface area contributed by atoms with Crippen LogP contribution < -0.4 is 10.5 Å². The van der Waals surface area contributed by atoms with Crippen LogP contribution in [0.3, 0.4) is 0 Å². The molecule has 0 bridgehead atoms. The minimum Gasteiger partial charge on any atom is -0.406 e. The van der Waals surface area contributed by atoms with Crippen LogP contribution in [0.15, 0.2) is 77.0 Å². The lowest BCUT2D eigenvalue weighted by atomic mass is 9.81. The maximum absolute atomic E-state index is 12.7. The van der Waals surface area contributed by atoms with E-state index in [9.17, 15) is 13.2 Å². The van der Waals surface area contributed by atoms with Crippen LogP contribution in [0.25, 0.3) is 11.1 Å². The van der Waals surface area contributed by atoms with E-state index in [1.165, 1.54) is 12.1 Å². The van der Waals surface area contributed by atoms with Gasteiger partial charge in [-0.05, 0) is 47.4 Å². The lowest BCUT2D eigenvalue weighted by Crippen LogP contribution is -2.46. The molecule has 5 rings (SSSR count). The molecule has 3 heterocycles. The van der Waals surface area contributed by atoms with Crippen LogP contribution in [0.4, 0.5) is 13.2 Å². The van der Waals surface area contributed by atoms with Gasteiger partial charge in [0.25, 0.3) is 0 Å². The summed E-state index contributed by atoms with van der Waals surface area (Å²) in [4.78, 5) is 15.6. The number of benzene rings is 2. The zero-order valence-electron chi connectivity index (χ0n) is 17.8. The van der Waals surface area contributed by atoms with Crippen molar-refractivity contribution in [2.75, 3.05) is 13.1 Å². The lowest BCUT2D eigenvalue weighted by Gasteiger charge is -2.33. The number of hydrogen-bond acceptors (Lipinski definition) is 6. The van der Waals surface area contributed by atoms with Gasteiger partial charge < -0.3 is 10.5 Å². The number of aromatic nitrogens is 1. The highest BCUT2D eigenvalue weighted by Gasteiger charge is 2.49. The van der Waals surface area contributed by atoms with Crippen LogP contribution in [0, 0.1) is 0 Å². The Balaban J connectivity index is 1.67. The summed E-state index contributed by atoms with van der Waals surface area (Å²) in [7, 11) is 0. The Kier molecular flexibility index (Phi) is 5.44. The molecule has 0 saturated heterocycles. The smallest absolute Gasteiger partial charge is 0.406 e. The van der Waals surface area contributed by atoms with Crippen molar-refractivity contribution in [1.29, 1.82) is 0 Å². The zero-order valence-corrected chi connectivity index (χ0v) is 18.5. The normalized spacial score (nSPS) is 19.9. The Morgan fingerprint density at radius 2 is 1.79 bits per heavy atom. The van der Waals surface area contributed by atoms with Gasteiger partial charge in [-0.3, -0.25) is 14.9 Å². The first-order valence-electron chi connectivity index (χ1n) is 10.5. The molecular formula is C24H19ClF3N5O. The number of rotatable bonds is 4. The van der Waals surface area contributed by atoms with E-state index in [1.807, 2.05) is 29.2 Å². The van der Waals surface area contributed by atoms with E-state index in [0.717, 1.165) is 23.1 Å². The predicted molar refractivity (Wildman–Crippen MR) is 124 cm³/mol. The number of pyridine rings is 1. The van der Waals surface area contributed by atoms with Crippen LogP contribution in [0.5, 0.6) is 5.75 Å². The lowest BCUT2D eigenvalue weighted by molar-refractivity contribution is -0.274. The number of ether oxygens (including phenoxy) is 1. The molecule has 174 valence electrons. The van der Waals surface area contributed by atoms with Crippen LogP contribution in [0.1, 0.15) is 17.5 Å². The molecular weight excluding hydrogens is 467 g/mol. The van der Waals surface area contributed by atoms with Crippen molar-refractivity contribution < 1.29 is 17.9 Å². The molecule has 0 amide bonds. The summed E-state index contributed by atoms with van der Waals surface area (Å²) in [6.45, 7) is 1.26. The van der Waals surface area contributed by atoms with Crippen LogP contribution in [0.2, 0.25) is 5.02 Å². The SMILES string of the molecule is NC1=N[C@@](c2ccc(OC(F)(F)F)cc2)(c2cccc(-c3cncc(Cl)c3)c2)C2=NCCCN12. The van der Waals surface area contributed by atoms with Crippen molar-refractivity contribution in [2.45, 2.75) is 18.3 Å². The zero-order chi connectivity index (χ0) is 23.9. The highest BCUT2D eigenvalue weighted by Crippen LogP contribution is 2.43. The van der Waals surface area contributed by atoms with E-state index in [4.69, 9.17) is 27.3 Å². The van der Waals surface area contributed by atoms with Crippen molar-refractivity contribution >= 4 is 23.4 Å². The maximum Gasteiger partial charge on any atom is 0.573 e. The van der Waals surface area contributed by atoms with Gasteiger partial charge in [-0.2, -0.15) is 0 Å². The van der Waals surface area contributed by atoms with Gasteiger partial charge in [0.1, 0.15) is 11.6 Å². The van der Waals surface area contributed by atoms with Gasteiger partial charge in [-0.1, -0.05) is 41.9 Å². The van der Waals surface area contributed by atoms with Gasteiger partial charge in [-0.25, -0.2) is 4.99 Å². The minimum absolute atomic E-state index is 0.309. The molecule has 0 saturated carbocycles. The summed E-state index contributed by atoms with van der Waals surface area (Å²) < 4.78 is 42.1. The molecule has 10 heteroatoms. The fourth-order valence-electron chi connectivity index (χ4n) is 4.37. The molecule has 34 heavy (non-hydrogen) atoms. The summed E-state index contributed by atoms with van der Waals surface area (Å²) in [5.74, 6) is 0.633. The second-order valence-electron chi connectivity index (χ2n) is 7.94. The molecule has 2 aliphatic heterocycles. The number of fused-ring (bicyclic) bond motifs is 1. The molecule has 2 N–H and O–H groups in total. The van der Waals surface area contributed by atoms with Gasteiger partial charge in [0, 0.05) is 31.0 Å². The van der Waals surface area contributed by atoms with Crippen LogP contribution in [-0.4, -0.2) is 41.1 Å². The molecule has 0 fully saturated rings. The molecule has 2 aromatic carbocycles. The molecule has 6 nitrogen and oxygen atoms in total. The van der Waals surface area contributed by atoms with E-state index in [1.54, 1.807) is 30.6 Å². The summed E-state index contributed by atoms with van der Waals surface area (Å²) >= 11 is 6.14. The molecule has 0 unspecified atom stereocenters. The summed E-state index contributed by atoms with van der Waals surface area (Å²) in [6, 6.07) is 15.1. The van der Waals surface area contributed by atoms with Crippen molar-refractivity contribution in [3.05, 3.63) is 83.1 Å². The number of amidine groups is 1. The van der Waals surface area contributed by atoms with Crippen molar-refractivity contribution in [2.24, 2.45) is 15.7 Å². The van der Waals surface area contributed by atoms with Crippen LogP contribution >= 0.6 is 11.6 Å². The highest BCUT2D eigenvalue weighted by atomic mass is 35.5. The molecule has 2 aliphatic rings. The summed E-state index contributed by atoms with van der Waals surface area (Å²) in [5, 5.41) is 0.504. The predicted octanol–water partition coefficient (Wildman–Crippen LogP) is 4.98. The monoisotopic (exact) mass is 485 g/mol. The molecule has 0 spiro atoms. The number of aliphatic imine (C=N–C) groups is 2. The molecule has 0 radical (unpaired) electrons. The maximum atomic E-state index is 12.7. The van der Waals surface area contributed by atoms with E-state index in [0.29, 0.717) is 35.5 Å². The van der Waals surface area contributed by atoms with E-state index >= 15 is 0 Å². The third-order valence-electron chi connectivity index (χ3n) is 5.76. The third-order valence-corrected chi connectivity index (χ3v) is 5.97. The number of hydrogen-bond donors (Lipinski definition) is 1. The molecule has 3 aromatic rings. The van der Waals surface area contributed by atoms with E-state index < -0.39 is 11.9 Å². The first kappa shape index (κ1) is 22.2. The highest BCUT2D eigenvalue weighted by molar-refractivity contribution is 6.30. The Bertz CT molecular complexity index is 1290. The number of alkyl halides is 3. The van der Waals surface area contributed by atoms with Gasteiger partial charge in [-0.15, -0.1) is 13.2 Å². The molecule has 1 aromatic heterocycles. The average Bonchev–Trinajstić information content (AvgIpc) is 3.12. The Labute approximate surface area is 198 Å². The van der Waals surface area contributed by atoms with Gasteiger partial charge in [0.2, 0.25) is 0 Å².